The molecule has 0 atom stereocenters. The number of nitrogens with two attached hydrogens (primary N) is 1. The predicted octanol–water partition coefficient (Wildman–Crippen LogP) is 2.95. The average Bonchev–Trinajstić information content (AvgIpc) is 2.61. The molecule has 0 bridgehead atoms. The lowest BCUT2D eigenvalue weighted by molar-refractivity contribution is -0.130. The summed E-state index contributed by atoms with van der Waals surface area (Å²) in [6.07, 6.45) is 1.99. The third kappa shape index (κ3) is 4.75. The smallest absolute Gasteiger partial charge is 0.253 e. The third-order valence-corrected chi connectivity index (χ3v) is 5.44. The second kappa shape index (κ2) is 8.37. The number of ether oxygens (including phenoxy) is 1. The topological polar surface area (TPSA) is 93.5 Å². The molecule has 1 saturated heterocycles. The zero-order valence-corrected chi connectivity index (χ0v) is 16.4. The fourth-order valence-corrected chi connectivity index (χ4v) is 3.06. The van der Waals surface area contributed by atoms with Gasteiger partial charge in [0.1, 0.15) is 0 Å². The molecule has 144 valence electrons. The van der Waals surface area contributed by atoms with Gasteiger partial charge in [-0.05, 0) is 51.3 Å². The minimum absolute atomic E-state index is 0.135. The van der Waals surface area contributed by atoms with Crippen LogP contribution in [-0.2, 0) is 9.53 Å². The Balaban J connectivity index is 2.11. The molecule has 1 aromatic rings. The molecule has 6 nitrogen and oxygen atoms in total. The first-order valence-electron chi connectivity index (χ1n) is 8.94. The minimum Gasteiger partial charge on any atom is -0.381 e. The van der Waals surface area contributed by atoms with Crippen LogP contribution in [0.5, 0.6) is 0 Å². The molecular weight excluding hydrogens is 354 g/mol. The van der Waals surface area contributed by atoms with E-state index >= 15 is 0 Å². The predicted molar refractivity (Wildman–Crippen MR) is 103 cm³/mol. The molecule has 0 radical (unpaired) electrons. The molecule has 1 heterocycles. The molecule has 2 rings (SSSR count). The molecule has 0 saturated carbocycles. The first-order valence-corrected chi connectivity index (χ1v) is 9.32. The summed E-state index contributed by atoms with van der Waals surface area (Å²) in [4.78, 5) is 25.1. The summed E-state index contributed by atoms with van der Waals surface area (Å²) in [5, 5.41) is 6.12. The Morgan fingerprint density at radius 1 is 1.31 bits per heavy atom. The van der Waals surface area contributed by atoms with Gasteiger partial charge in [-0.15, -0.1) is 0 Å². The van der Waals surface area contributed by atoms with Crippen molar-refractivity contribution in [2.24, 2.45) is 11.1 Å². The van der Waals surface area contributed by atoms with Crippen molar-refractivity contribution in [2.45, 2.75) is 45.6 Å². The number of hydrogen-bond donors (Lipinski definition) is 3. The molecule has 1 aliphatic heterocycles. The standard InChI is InChI=1S/C19H28ClN3O3/c1-4-18(2,3)23-16(24)14-6-5-13(11-15(14)20)22-17(25)19(12-21)7-9-26-10-8-19/h5-6,11H,4,7-10,12,21H2,1-3H3,(H,22,25)(H,23,24). The van der Waals surface area contributed by atoms with Crippen LogP contribution in [0.2, 0.25) is 5.02 Å². The second-order valence-corrected chi connectivity index (χ2v) is 7.84. The van der Waals surface area contributed by atoms with Gasteiger partial charge < -0.3 is 21.1 Å². The van der Waals surface area contributed by atoms with E-state index < -0.39 is 5.41 Å². The Bertz CT molecular complexity index is 670. The summed E-state index contributed by atoms with van der Waals surface area (Å²) in [6.45, 7) is 7.23. The highest BCUT2D eigenvalue weighted by Crippen LogP contribution is 2.31. The summed E-state index contributed by atoms with van der Waals surface area (Å²) in [7, 11) is 0. The second-order valence-electron chi connectivity index (χ2n) is 7.44. The van der Waals surface area contributed by atoms with Gasteiger partial charge in [-0.25, -0.2) is 0 Å². The zero-order valence-electron chi connectivity index (χ0n) is 15.7. The summed E-state index contributed by atoms with van der Waals surface area (Å²) in [5.41, 5.74) is 5.86. The highest BCUT2D eigenvalue weighted by atomic mass is 35.5. The van der Waals surface area contributed by atoms with Crippen molar-refractivity contribution in [3.05, 3.63) is 28.8 Å². The number of hydrogen-bond acceptors (Lipinski definition) is 4. The van der Waals surface area contributed by atoms with Crippen LogP contribution in [0.4, 0.5) is 5.69 Å². The van der Waals surface area contributed by atoms with Gasteiger partial charge in [-0.2, -0.15) is 0 Å². The van der Waals surface area contributed by atoms with E-state index in [-0.39, 0.29) is 23.9 Å². The Labute approximate surface area is 159 Å². The average molecular weight is 382 g/mol. The lowest BCUT2D eigenvalue weighted by Crippen LogP contribution is -2.46. The molecule has 1 aromatic carbocycles. The normalized spacial score (nSPS) is 16.8. The maximum atomic E-state index is 12.7. The van der Waals surface area contributed by atoms with Gasteiger partial charge in [0.2, 0.25) is 5.91 Å². The highest BCUT2D eigenvalue weighted by Gasteiger charge is 2.38. The Hall–Kier alpha value is -1.63. The fraction of sp³-hybridized carbons (Fsp3) is 0.579. The Kier molecular flexibility index (Phi) is 6.66. The first-order chi connectivity index (χ1) is 12.2. The van der Waals surface area contributed by atoms with Crippen molar-refractivity contribution in [1.29, 1.82) is 0 Å². The number of nitrogens with one attached hydrogen (secondary N) is 2. The summed E-state index contributed by atoms with van der Waals surface area (Å²) < 4.78 is 5.34. The first kappa shape index (κ1) is 20.7. The number of carbonyl (C=O) groups excluding carboxylic acids is 2. The van der Waals surface area contributed by atoms with Crippen molar-refractivity contribution in [1.82, 2.24) is 5.32 Å². The zero-order chi connectivity index (χ0) is 19.4. The van der Waals surface area contributed by atoms with Crippen molar-refractivity contribution >= 4 is 29.1 Å². The van der Waals surface area contributed by atoms with E-state index in [1.165, 1.54) is 0 Å². The van der Waals surface area contributed by atoms with Crippen molar-refractivity contribution in [2.75, 3.05) is 25.1 Å². The van der Waals surface area contributed by atoms with Gasteiger partial charge in [0.25, 0.3) is 5.91 Å². The maximum Gasteiger partial charge on any atom is 0.253 e. The van der Waals surface area contributed by atoms with Crippen LogP contribution < -0.4 is 16.4 Å². The van der Waals surface area contributed by atoms with E-state index in [4.69, 9.17) is 22.1 Å². The van der Waals surface area contributed by atoms with Crippen LogP contribution in [0.25, 0.3) is 0 Å². The monoisotopic (exact) mass is 381 g/mol. The van der Waals surface area contributed by atoms with Gasteiger partial charge in [0.05, 0.1) is 16.0 Å². The quantitative estimate of drug-likeness (QED) is 0.706. The van der Waals surface area contributed by atoms with Crippen molar-refractivity contribution < 1.29 is 14.3 Å². The van der Waals surface area contributed by atoms with Crippen molar-refractivity contribution in [3.63, 3.8) is 0 Å². The van der Waals surface area contributed by atoms with Crippen LogP contribution in [-0.4, -0.2) is 37.1 Å². The number of carbonyl (C=O) groups is 2. The molecule has 1 fully saturated rings. The van der Waals surface area contributed by atoms with Gasteiger partial charge in [0.15, 0.2) is 0 Å². The van der Waals surface area contributed by atoms with Crippen LogP contribution in [0.1, 0.15) is 50.4 Å². The molecule has 0 spiro atoms. The lowest BCUT2D eigenvalue weighted by atomic mass is 9.79. The van der Waals surface area contributed by atoms with Crippen molar-refractivity contribution in [3.8, 4) is 0 Å². The molecule has 2 amide bonds. The van der Waals surface area contributed by atoms with E-state index in [9.17, 15) is 9.59 Å². The summed E-state index contributed by atoms with van der Waals surface area (Å²) in [5.74, 6) is -0.369. The lowest BCUT2D eigenvalue weighted by Gasteiger charge is -2.34. The van der Waals surface area contributed by atoms with E-state index in [0.29, 0.717) is 42.3 Å². The molecule has 26 heavy (non-hydrogen) atoms. The number of benzene rings is 1. The fourth-order valence-electron chi connectivity index (χ4n) is 2.79. The summed E-state index contributed by atoms with van der Waals surface area (Å²) in [6, 6.07) is 4.90. The SMILES string of the molecule is CCC(C)(C)NC(=O)c1ccc(NC(=O)C2(CN)CCOCC2)cc1Cl. The van der Waals surface area contributed by atoms with E-state index in [1.807, 2.05) is 20.8 Å². The van der Waals surface area contributed by atoms with E-state index in [0.717, 1.165) is 6.42 Å². The molecule has 4 N–H and O–H groups in total. The van der Waals surface area contributed by atoms with Gasteiger partial charge in [-0.1, -0.05) is 18.5 Å². The third-order valence-electron chi connectivity index (χ3n) is 5.13. The molecular formula is C19H28ClN3O3. The number of anilines is 1. The van der Waals surface area contributed by atoms with Gasteiger partial charge >= 0.3 is 0 Å². The van der Waals surface area contributed by atoms with Crippen LogP contribution >= 0.6 is 11.6 Å². The molecule has 1 aliphatic rings. The Morgan fingerprint density at radius 3 is 2.50 bits per heavy atom. The summed E-state index contributed by atoms with van der Waals surface area (Å²) >= 11 is 6.28. The molecule has 0 unspecified atom stereocenters. The van der Waals surface area contributed by atoms with Crippen LogP contribution in [0.3, 0.4) is 0 Å². The number of rotatable bonds is 6. The van der Waals surface area contributed by atoms with Gasteiger partial charge in [0, 0.05) is 31.0 Å². The number of halogens is 1. The maximum absolute atomic E-state index is 12.7. The van der Waals surface area contributed by atoms with E-state index in [1.54, 1.807) is 18.2 Å². The molecule has 7 heteroatoms. The van der Waals surface area contributed by atoms with Crippen LogP contribution in [0, 0.1) is 5.41 Å². The number of amides is 2. The highest BCUT2D eigenvalue weighted by molar-refractivity contribution is 6.34. The van der Waals surface area contributed by atoms with E-state index in [2.05, 4.69) is 10.6 Å². The largest absolute Gasteiger partial charge is 0.381 e. The molecule has 0 aliphatic carbocycles. The molecule has 0 aromatic heterocycles. The van der Waals surface area contributed by atoms with Gasteiger partial charge in [-0.3, -0.25) is 9.59 Å². The van der Waals surface area contributed by atoms with Crippen LogP contribution in [0.15, 0.2) is 18.2 Å². The Morgan fingerprint density at radius 2 is 1.96 bits per heavy atom. The minimum atomic E-state index is -0.619.